The molecule has 54 valence electrons. The van der Waals surface area contributed by atoms with Crippen molar-refractivity contribution >= 4 is 13.2 Å². The second-order valence-corrected chi connectivity index (χ2v) is 4.62. The average molecular weight is 156 g/mol. The van der Waals surface area contributed by atoms with Crippen molar-refractivity contribution in [1.82, 2.24) is 0 Å². The summed E-state index contributed by atoms with van der Waals surface area (Å²) < 4.78 is 12.9. The van der Waals surface area contributed by atoms with Crippen LogP contribution in [0.3, 0.4) is 0 Å². The van der Waals surface area contributed by atoms with Crippen molar-refractivity contribution in [3.63, 3.8) is 0 Å². The zero-order chi connectivity index (χ0) is 7.56. The molecule has 2 heteroatoms. The summed E-state index contributed by atoms with van der Waals surface area (Å²) in [5, 5.41) is 0.859. The lowest BCUT2D eigenvalue weighted by Crippen LogP contribution is -2.03. The number of hydrogen-bond acceptors (Lipinski definition) is 0. The number of rotatable bonds is 1. The van der Waals surface area contributed by atoms with Crippen LogP contribution in [0.2, 0.25) is 0 Å². The second kappa shape index (κ2) is 3.12. The van der Waals surface area contributed by atoms with Crippen LogP contribution >= 0.6 is 7.92 Å². The van der Waals surface area contributed by atoms with Crippen LogP contribution in [0.15, 0.2) is 24.3 Å². The third-order valence-corrected chi connectivity index (χ3v) is 2.66. The van der Waals surface area contributed by atoms with Crippen molar-refractivity contribution in [2.24, 2.45) is 0 Å². The van der Waals surface area contributed by atoms with Gasteiger partial charge in [0, 0.05) is 5.30 Å². The van der Waals surface area contributed by atoms with E-state index in [0.717, 1.165) is 5.30 Å². The Hall–Kier alpha value is -0.420. The summed E-state index contributed by atoms with van der Waals surface area (Å²) in [6.07, 6.45) is 0. The molecule has 0 heterocycles. The Morgan fingerprint density at radius 2 is 1.80 bits per heavy atom. The van der Waals surface area contributed by atoms with Crippen molar-refractivity contribution in [2.75, 3.05) is 13.3 Å². The van der Waals surface area contributed by atoms with Crippen molar-refractivity contribution < 1.29 is 4.39 Å². The molecule has 0 aliphatic heterocycles. The Labute approximate surface area is 61.8 Å². The summed E-state index contributed by atoms with van der Waals surface area (Å²) in [7, 11) is -0.291. The fraction of sp³-hybridized carbons (Fsp3) is 0.250. The van der Waals surface area contributed by atoms with E-state index in [1.54, 1.807) is 6.07 Å². The predicted octanol–water partition coefficient (Wildman–Crippen LogP) is 2.19. The Bertz CT molecular complexity index is 220. The van der Waals surface area contributed by atoms with Crippen LogP contribution in [0, 0.1) is 5.82 Å². The molecule has 0 aliphatic rings. The Balaban J connectivity index is 3.03. The summed E-state index contributed by atoms with van der Waals surface area (Å²) >= 11 is 0. The molecule has 0 aromatic heterocycles. The molecule has 0 spiro atoms. The highest BCUT2D eigenvalue weighted by Gasteiger charge is 2.02. The molecule has 0 aliphatic carbocycles. The zero-order valence-corrected chi connectivity index (χ0v) is 7.03. The molecule has 0 saturated carbocycles. The van der Waals surface area contributed by atoms with Gasteiger partial charge in [0.25, 0.3) is 0 Å². The van der Waals surface area contributed by atoms with E-state index in [1.807, 2.05) is 25.5 Å². The molecule has 0 fully saturated rings. The minimum absolute atomic E-state index is 0.0707. The molecule has 1 aromatic carbocycles. The maximum Gasteiger partial charge on any atom is 0.130 e. The van der Waals surface area contributed by atoms with Gasteiger partial charge in [-0.05, 0) is 19.4 Å². The molecule has 0 bridgehead atoms. The molecule has 1 rings (SSSR count). The fourth-order valence-electron chi connectivity index (χ4n) is 0.814. The van der Waals surface area contributed by atoms with Gasteiger partial charge in [0.2, 0.25) is 0 Å². The average Bonchev–Trinajstić information content (AvgIpc) is 1.88. The van der Waals surface area contributed by atoms with Crippen molar-refractivity contribution in [3.05, 3.63) is 30.1 Å². The first-order valence-electron chi connectivity index (χ1n) is 3.13. The van der Waals surface area contributed by atoms with E-state index in [4.69, 9.17) is 0 Å². The Kier molecular flexibility index (Phi) is 2.39. The molecule has 0 atom stereocenters. The van der Waals surface area contributed by atoms with E-state index in [2.05, 4.69) is 0 Å². The maximum atomic E-state index is 12.9. The lowest BCUT2D eigenvalue weighted by atomic mass is 10.3. The van der Waals surface area contributed by atoms with Crippen LogP contribution < -0.4 is 5.30 Å². The highest BCUT2D eigenvalue weighted by Crippen LogP contribution is 2.24. The molecule has 1 aromatic rings. The number of halogens is 1. The quantitative estimate of drug-likeness (QED) is 0.547. The lowest BCUT2D eigenvalue weighted by Gasteiger charge is -2.05. The minimum Gasteiger partial charge on any atom is -0.206 e. The molecule has 0 saturated heterocycles. The molecule has 0 radical (unpaired) electrons. The number of hydrogen-bond donors (Lipinski definition) is 0. The van der Waals surface area contributed by atoms with Crippen LogP contribution in [0.1, 0.15) is 0 Å². The van der Waals surface area contributed by atoms with Crippen LogP contribution in [-0.2, 0) is 0 Å². The topological polar surface area (TPSA) is 0 Å². The van der Waals surface area contributed by atoms with Crippen molar-refractivity contribution in [3.8, 4) is 0 Å². The van der Waals surface area contributed by atoms with Crippen LogP contribution in [0.25, 0.3) is 0 Å². The van der Waals surface area contributed by atoms with Gasteiger partial charge in [-0.25, -0.2) is 4.39 Å². The monoisotopic (exact) mass is 156 g/mol. The minimum atomic E-state index is -0.291. The normalized spacial score (nSPS) is 10.4. The largest absolute Gasteiger partial charge is 0.206 e. The van der Waals surface area contributed by atoms with Crippen LogP contribution in [0.5, 0.6) is 0 Å². The van der Waals surface area contributed by atoms with Crippen LogP contribution in [0.4, 0.5) is 4.39 Å². The van der Waals surface area contributed by atoms with Gasteiger partial charge in [0.05, 0.1) is 0 Å². The van der Waals surface area contributed by atoms with Gasteiger partial charge in [-0.1, -0.05) is 26.1 Å². The molecular formula is C8H10FP. The van der Waals surface area contributed by atoms with Crippen molar-refractivity contribution in [2.45, 2.75) is 0 Å². The third-order valence-electron chi connectivity index (χ3n) is 1.33. The van der Waals surface area contributed by atoms with Gasteiger partial charge in [-0.15, -0.1) is 0 Å². The summed E-state index contributed by atoms with van der Waals surface area (Å²) in [6, 6.07) is 6.96. The van der Waals surface area contributed by atoms with Gasteiger partial charge in [0.1, 0.15) is 5.82 Å². The molecule has 0 N–H and O–H groups in total. The van der Waals surface area contributed by atoms with E-state index >= 15 is 0 Å². The molecule has 10 heavy (non-hydrogen) atoms. The van der Waals surface area contributed by atoms with Gasteiger partial charge in [-0.2, -0.15) is 0 Å². The molecular weight excluding hydrogens is 146 g/mol. The van der Waals surface area contributed by atoms with E-state index in [-0.39, 0.29) is 13.7 Å². The Morgan fingerprint density at radius 3 is 2.20 bits per heavy atom. The molecule has 0 amide bonds. The summed E-state index contributed by atoms with van der Waals surface area (Å²) in [5.74, 6) is -0.0707. The smallest absolute Gasteiger partial charge is 0.130 e. The number of benzene rings is 1. The molecule has 0 unspecified atom stereocenters. The van der Waals surface area contributed by atoms with E-state index in [0.29, 0.717) is 0 Å². The van der Waals surface area contributed by atoms with E-state index < -0.39 is 0 Å². The van der Waals surface area contributed by atoms with Gasteiger partial charge >= 0.3 is 0 Å². The first-order valence-corrected chi connectivity index (χ1v) is 5.37. The van der Waals surface area contributed by atoms with Gasteiger partial charge < -0.3 is 0 Å². The van der Waals surface area contributed by atoms with Crippen molar-refractivity contribution in [1.29, 1.82) is 0 Å². The lowest BCUT2D eigenvalue weighted by molar-refractivity contribution is 0.636. The highest BCUT2D eigenvalue weighted by molar-refractivity contribution is 7.64. The van der Waals surface area contributed by atoms with Gasteiger partial charge in [-0.3, -0.25) is 0 Å². The summed E-state index contributed by atoms with van der Waals surface area (Å²) in [6.45, 7) is 4.10. The first-order chi connectivity index (χ1) is 4.72. The highest BCUT2D eigenvalue weighted by atomic mass is 31.1. The zero-order valence-electron chi connectivity index (χ0n) is 6.13. The van der Waals surface area contributed by atoms with Crippen LogP contribution in [-0.4, -0.2) is 13.3 Å². The second-order valence-electron chi connectivity index (χ2n) is 2.35. The third kappa shape index (κ3) is 1.54. The SMILES string of the molecule is CP(C)c1ccccc1F. The van der Waals surface area contributed by atoms with E-state index in [9.17, 15) is 4.39 Å². The predicted molar refractivity (Wildman–Crippen MR) is 44.8 cm³/mol. The maximum absolute atomic E-state index is 12.9. The summed E-state index contributed by atoms with van der Waals surface area (Å²) in [5.41, 5.74) is 0. The molecule has 0 nitrogen and oxygen atoms in total. The summed E-state index contributed by atoms with van der Waals surface area (Å²) in [4.78, 5) is 0. The Morgan fingerprint density at radius 1 is 1.20 bits per heavy atom. The first kappa shape index (κ1) is 7.68. The standard InChI is InChI=1S/C8H10FP/c1-10(2)8-6-4-3-5-7(8)9/h3-6H,1-2H3. The fourth-order valence-corrected chi connectivity index (χ4v) is 1.70. The van der Waals surface area contributed by atoms with Gasteiger partial charge in [0.15, 0.2) is 0 Å². The van der Waals surface area contributed by atoms with E-state index in [1.165, 1.54) is 6.07 Å².